The quantitative estimate of drug-likeness (QED) is 0.612. The molecule has 18 heavy (non-hydrogen) atoms. The van der Waals surface area contributed by atoms with Gasteiger partial charge in [-0.05, 0) is 18.8 Å². The summed E-state index contributed by atoms with van der Waals surface area (Å²) in [6, 6.07) is 0.477. The first-order valence-electron chi connectivity index (χ1n) is 8.54. The first-order chi connectivity index (χ1) is 8.79. The van der Waals surface area contributed by atoms with Crippen molar-refractivity contribution >= 4 is 0 Å². The van der Waals surface area contributed by atoms with Gasteiger partial charge in [0.2, 0.25) is 0 Å². The van der Waals surface area contributed by atoms with Gasteiger partial charge in [0.05, 0.1) is 0 Å². The maximum atomic E-state index is 6.19. The van der Waals surface area contributed by atoms with Crippen LogP contribution in [0.1, 0.15) is 96.8 Å². The summed E-state index contributed by atoms with van der Waals surface area (Å²) in [6.07, 6.45) is 19.7. The van der Waals surface area contributed by atoms with E-state index in [0.717, 1.165) is 5.92 Å². The lowest BCUT2D eigenvalue weighted by molar-refractivity contribution is 0.411. The first-order valence-corrected chi connectivity index (χ1v) is 8.54. The van der Waals surface area contributed by atoms with Crippen LogP contribution in [0.15, 0.2) is 0 Å². The van der Waals surface area contributed by atoms with Gasteiger partial charge < -0.3 is 5.73 Å². The molecule has 0 radical (unpaired) electrons. The van der Waals surface area contributed by atoms with Crippen molar-refractivity contribution in [1.82, 2.24) is 0 Å². The molecule has 1 unspecified atom stereocenters. The van der Waals surface area contributed by atoms with Crippen LogP contribution in [0.2, 0.25) is 0 Å². The minimum Gasteiger partial charge on any atom is -0.328 e. The Balaban J connectivity index is 2.18. The van der Waals surface area contributed by atoms with Gasteiger partial charge in [-0.15, -0.1) is 0 Å². The number of hydrogen-bond donors (Lipinski definition) is 1. The van der Waals surface area contributed by atoms with Gasteiger partial charge in [0.25, 0.3) is 0 Å². The summed E-state index contributed by atoms with van der Waals surface area (Å²) in [4.78, 5) is 0. The molecule has 0 bridgehead atoms. The molecule has 1 aliphatic carbocycles. The molecular weight excluding hydrogens is 218 g/mol. The normalized spacial score (nSPS) is 31.0. The highest BCUT2D eigenvalue weighted by molar-refractivity contribution is 4.64. The van der Waals surface area contributed by atoms with Gasteiger partial charge >= 0.3 is 0 Å². The Hall–Kier alpha value is -0.0400. The predicted octanol–water partition coefficient (Wildman–Crippen LogP) is 5.42. The molecule has 0 amide bonds. The second-order valence-corrected chi connectivity index (χ2v) is 6.56. The number of nitrogens with two attached hydrogens (primary N) is 1. The molecule has 0 spiro atoms. The van der Waals surface area contributed by atoms with Crippen LogP contribution in [-0.4, -0.2) is 6.04 Å². The largest absolute Gasteiger partial charge is 0.328 e. The third kappa shape index (κ3) is 8.97. The Morgan fingerprint density at radius 3 is 1.56 bits per heavy atom. The highest BCUT2D eigenvalue weighted by atomic mass is 14.6. The monoisotopic (exact) mass is 253 g/mol. The summed E-state index contributed by atoms with van der Waals surface area (Å²) in [7, 11) is 0. The zero-order valence-electron chi connectivity index (χ0n) is 12.6. The molecule has 1 saturated carbocycles. The molecule has 0 saturated heterocycles. The predicted molar refractivity (Wildman–Crippen MR) is 81.8 cm³/mol. The van der Waals surface area contributed by atoms with E-state index in [-0.39, 0.29) is 0 Å². The zero-order chi connectivity index (χ0) is 13.1. The van der Waals surface area contributed by atoms with Crippen molar-refractivity contribution in [2.45, 2.75) is 103 Å². The van der Waals surface area contributed by atoms with Gasteiger partial charge in [0.1, 0.15) is 0 Å². The lowest BCUT2D eigenvalue weighted by atomic mass is 9.94. The van der Waals surface area contributed by atoms with E-state index in [1.54, 1.807) is 0 Å². The average Bonchev–Trinajstić information content (AvgIpc) is 2.34. The fraction of sp³-hybridized carbons (Fsp3) is 1.00. The van der Waals surface area contributed by atoms with Gasteiger partial charge in [0, 0.05) is 6.04 Å². The third-order valence-electron chi connectivity index (χ3n) is 4.54. The van der Waals surface area contributed by atoms with Crippen LogP contribution in [-0.2, 0) is 0 Å². The zero-order valence-corrected chi connectivity index (χ0v) is 12.6. The number of hydrogen-bond acceptors (Lipinski definition) is 1. The fourth-order valence-electron chi connectivity index (χ4n) is 3.15. The van der Waals surface area contributed by atoms with Crippen molar-refractivity contribution in [2.75, 3.05) is 0 Å². The Labute approximate surface area is 115 Å². The van der Waals surface area contributed by atoms with Crippen molar-refractivity contribution in [3.05, 3.63) is 0 Å². The molecule has 108 valence electrons. The summed E-state index contributed by atoms with van der Waals surface area (Å²) in [5, 5.41) is 0. The lowest BCUT2D eigenvalue weighted by Crippen LogP contribution is -2.19. The number of rotatable bonds is 0. The second-order valence-electron chi connectivity index (χ2n) is 6.56. The van der Waals surface area contributed by atoms with Crippen LogP contribution in [0, 0.1) is 5.92 Å². The summed E-state index contributed by atoms with van der Waals surface area (Å²) in [5.74, 6) is 0.921. The van der Waals surface area contributed by atoms with E-state index in [1.165, 1.54) is 89.9 Å². The maximum Gasteiger partial charge on any atom is 0.00388 e. The summed E-state index contributed by atoms with van der Waals surface area (Å²) in [6.45, 7) is 2.43. The molecule has 0 aromatic heterocycles. The molecular formula is C17H35N. The molecule has 0 heterocycles. The van der Waals surface area contributed by atoms with Gasteiger partial charge in [0.15, 0.2) is 0 Å². The molecule has 1 nitrogen and oxygen atoms in total. The molecule has 2 N–H and O–H groups in total. The smallest absolute Gasteiger partial charge is 0.00388 e. The van der Waals surface area contributed by atoms with E-state index >= 15 is 0 Å². The summed E-state index contributed by atoms with van der Waals surface area (Å²) >= 11 is 0. The first kappa shape index (κ1) is 16.0. The molecule has 0 aromatic rings. The lowest BCUT2D eigenvalue weighted by Gasteiger charge is -2.15. The maximum absolute atomic E-state index is 6.19. The molecule has 0 aromatic carbocycles. The van der Waals surface area contributed by atoms with E-state index in [2.05, 4.69) is 6.92 Å². The van der Waals surface area contributed by atoms with Gasteiger partial charge in [-0.25, -0.2) is 0 Å². The van der Waals surface area contributed by atoms with Crippen LogP contribution in [0.5, 0.6) is 0 Å². The molecule has 1 fully saturated rings. The van der Waals surface area contributed by atoms with Crippen LogP contribution in [0.4, 0.5) is 0 Å². The van der Waals surface area contributed by atoms with E-state index in [1.807, 2.05) is 0 Å². The van der Waals surface area contributed by atoms with Gasteiger partial charge in [-0.1, -0.05) is 84.0 Å². The van der Waals surface area contributed by atoms with E-state index < -0.39 is 0 Å². The van der Waals surface area contributed by atoms with E-state index in [4.69, 9.17) is 5.73 Å². The van der Waals surface area contributed by atoms with Crippen molar-refractivity contribution in [3.8, 4) is 0 Å². The van der Waals surface area contributed by atoms with Crippen LogP contribution in [0.3, 0.4) is 0 Å². The molecule has 1 aliphatic rings. The standard InChI is InChI=1S/C17H35N/c1-16-12-9-7-5-3-2-4-6-8-10-14-17(18)15-11-13-16/h16-17H,2-15,18H2,1H3/t16?,17-/m1/s1. The third-order valence-corrected chi connectivity index (χ3v) is 4.54. The second kappa shape index (κ2) is 10.8. The van der Waals surface area contributed by atoms with Crippen LogP contribution >= 0.6 is 0 Å². The Morgan fingerprint density at radius 1 is 0.556 bits per heavy atom. The van der Waals surface area contributed by atoms with Gasteiger partial charge in [-0.2, -0.15) is 0 Å². The highest BCUT2D eigenvalue weighted by Gasteiger charge is 2.06. The summed E-state index contributed by atoms with van der Waals surface area (Å²) in [5.41, 5.74) is 6.19. The Kier molecular flexibility index (Phi) is 9.65. The Morgan fingerprint density at radius 2 is 0.944 bits per heavy atom. The van der Waals surface area contributed by atoms with Crippen molar-refractivity contribution < 1.29 is 0 Å². The topological polar surface area (TPSA) is 26.0 Å². The Bertz CT molecular complexity index is 160. The van der Waals surface area contributed by atoms with Crippen molar-refractivity contribution in [2.24, 2.45) is 11.7 Å². The molecule has 0 aliphatic heterocycles. The summed E-state index contributed by atoms with van der Waals surface area (Å²) < 4.78 is 0. The fourth-order valence-corrected chi connectivity index (χ4v) is 3.15. The minimum absolute atomic E-state index is 0.477. The van der Waals surface area contributed by atoms with E-state index in [9.17, 15) is 0 Å². The molecule has 1 rings (SSSR count). The van der Waals surface area contributed by atoms with Gasteiger partial charge in [-0.3, -0.25) is 0 Å². The van der Waals surface area contributed by atoms with Crippen molar-refractivity contribution in [3.63, 3.8) is 0 Å². The SMILES string of the molecule is CC1CCCCCCCCCCC[C@@H](N)CCC1. The molecule has 2 atom stereocenters. The highest BCUT2D eigenvalue weighted by Crippen LogP contribution is 2.19. The molecule has 1 heteroatoms. The average molecular weight is 253 g/mol. The van der Waals surface area contributed by atoms with E-state index in [0.29, 0.717) is 6.04 Å². The minimum atomic E-state index is 0.477. The van der Waals surface area contributed by atoms with Crippen LogP contribution in [0.25, 0.3) is 0 Å². The van der Waals surface area contributed by atoms with Crippen molar-refractivity contribution in [1.29, 1.82) is 0 Å². The van der Waals surface area contributed by atoms with Crippen LogP contribution < -0.4 is 5.73 Å².